The number of pyridine rings is 1. The number of phosphoric ester groups is 1. The Morgan fingerprint density at radius 2 is 1.84 bits per heavy atom. The van der Waals surface area contributed by atoms with E-state index in [0.29, 0.717) is 58.1 Å². The summed E-state index contributed by atoms with van der Waals surface area (Å²) in [5.74, 6) is 1.73. The molecule has 0 aliphatic heterocycles. The molecule has 2 aromatic heterocycles. The fourth-order valence-corrected chi connectivity index (χ4v) is 4.96. The van der Waals surface area contributed by atoms with Gasteiger partial charge in [-0.3, -0.25) is 9.32 Å². The Morgan fingerprint density at radius 3 is 2.56 bits per heavy atom. The standard InChI is InChI=1S/C30H36ClN6O7P/c1-3-37(13-15-44-45(39,40)41)12-5-4-6-14-43-27-18-25-24(17-26(27)42-2)29(34-20-33-25)35-23-10-11-28(32-19-23)36-30(38)21-8-7-9-22(31)16-21/h7-11,16-20H,3-6,12-15H2,1-2H3,(H,32,36,38)(H,33,34,35)(H2,39,40,41). The number of amides is 1. The number of carbonyl (C=O) groups is 1. The number of anilines is 3. The summed E-state index contributed by atoms with van der Waals surface area (Å²) >= 11 is 5.98. The summed E-state index contributed by atoms with van der Waals surface area (Å²) in [7, 11) is -2.87. The van der Waals surface area contributed by atoms with Crippen molar-refractivity contribution in [3.63, 3.8) is 0 Å². The normalized spacial score (nSPS) is 11.5. The molecule has 240 valence electrons. The number of nitrogens with one attached hydrogen (secondary N) is 2. The van der Waals surface area contributed by atoms with E-state index in [1.807, 2.05) is 19.1 Å². The monoisotopic (exact) mass is 658 g/mol. The number of ether oxygens (including phenoxy) is 2. The summed E-state index contributed by atoms with van der Waals surface area (Å²) in [4.78, 5) is 45.4. The SMILES string of the molecule is CCN(CCCCCOc1cc2ncnc(Nc3ccc(NC(=O)c4cccc(Cl)c4)nc3)c2cc1OC)CCOP(=O)(O)O. The lowest BCUT2D eigenvalue weighted by atomic mass is 10.2. The first-order valence-corrected chi connectivity index (χ1v) is 16.2. The lowest BCUT2D eigenvalue weighted by Crippen LogP contribution is -2.28. The molecule has 0 saturated heterocycles. The van der Waals surface area contributed by atoms with E-state index in [0.717, 1.165) is 37.7 Å². The highest BCUT2D eigenvalue weighted by Gasteiger charge is 2.15. The minimum Gasteiger partial charge on any atom is -0.493 e. The molecule has 0 bridgehead atoms. The van der Waals surface area contributed by atoms with Gasteiger partial charge < -0.3 is 34.8 Å². The second-order valence-corrected chi connectivity index (χ2v) is 11.6. The molecule has 4 rings (SSSR count). The predicted molar refractivity (Wildman–Crippen MR) is 172 cm³/mol. The quantitative estimate of drug-likeness (QED) is 0.0812. The second kappa shape index (κ2) is 16.5. The Hall–Kier alpha value is -3.84. The lowest BCUT2D eigenvalue weighted by Gasteiger charge is -2.20. The molecule has 1 amide bonds. The summed E-state index contributed by atoms with van der Waals surface area (Å²) < 4.78 is 27.0. The van der Waals surface area contributed by atoms with Crippen molar-refractivity contribution < 1.29 is 33.1 Å². The first-order valence-electron chi connectivity index (χ1n) is 14.3. The van der Waals surface area contributed by atoms with Crippen LogP contribution in [0.3, 0.4) is 0 Å². The van der Waals surface area contributed by atoms with Crippen LogP contribution in [-0.4, -0.2) is 75.5 Å². The van der Waals surface area contributed by atoms with Gasteiger partial charge in [0.1, 0.15) is 18.0 Å². The van der Waals surface area contributed by atoms with E-state index in [2.05, 4.69) is 35.0 Å². The zero-order chi connectivity index (χ0) is 32.2. The highest BCUT2D eigenvalue weighted by atomic mass is 35.5. The zero-order valence-corrected chi connectivity index (χ0v) is 26.6. The van der Waals surface area contributed by atoms with Crippen molar-refractivity contribution in [1.29, 1.82) is 0 Å². The number of unbranched alkanes of at least 4 members (excludes halogenated alkanes) is 2. The number of aromatic nitrogens is 3. The minimum absolute atomic E-state index is 0.0157. The number of phosphoric acid groups is 1. The molecule has 2 heterocycles. The van der Waals surface area contributed by atoms with E-state index in [1.54, 1.807) is 49.7 Å². The summed E-state index contributed by atoms with van der Waals surface area (Å²) in [6, 6.07) is 13.8. The molecule has 0 aliphatic carbocycles. The van der Waals surface area contributed by atoms with E-state index < -0.39 is 7.82 Å². The van der Waals surface area contributed by atoms with Crippen molar-refractivity contribution >= 4 is 53.6 Å². The fourth-order valence-electron chi connectivity index (χ4n) is 4.45. The maximum absolute atomic E-state index is 12.5. The summed E-state index contributed by atoms with van der Waals surface area (Å²) in [6.07, 6.45) is 5.69. The van der Waals surface area contributed by atoms with Gasteiger partial charge in [-0.05, 0) is 68.8 Å². The Bertz CT molecular complexity index is 1620. The lowest BCUT2D eigenvalue weighted by molar-refractivity contribution is 0.102. The van der Waals surface area contributed by atoms with Crippen LogP contribution < -0.4 is 20.1 Å². The molecule has 45 heavy (non-hydrogen) atoms. The van der Waals surface area contributed by atoms with Crippen molar-refractivity contribution in [2.45, 2.75) is 26.2 Å². The molecule has 0 atom stereocenters. The van der Waals surface area contributed by atoms with E-state index in [9.17, 15) is 9.36 Å². The van der Waals surface area contributed by atoms with Crippen molar-refractivity contribution in [3.8, 4) is 11.5 Å². The average Bonchev–Trinajstić information content (AvgIpc) is 3.02. The molecular formula is C30H36ClN6O7P. The van der Waals surface area contributed by atoms with Crippen molar-refractivity contribution in [3.05, 3.63) is 71.6 Å². The summed E-state index contributed by atoms with van der Waals surface area (Å²) in [5.41, 5.74) is 1.75. The van der Waals surface area contributed by atoms with Crippen LogP contribution in [0.2, 0.25) is 5.02 Å². The molecule has 15 heteroatoms. The fraction of sp³-hybridized carbons (Fsp3) is 0.333. The molecule has 0 spiro atoms. The number of nitrogens with zero attached hydrogens (tertiary/aromatic N) is 4. The van der Waals surface area contributed by atoms with Crippen molar-refractivity contribution in [2.75, 3.05) is 50.6 Å². The number of benzene rings is 2. The number of hydrogen-bond donors (Lipinski definition) is 4. The maximum Gasteiger partial charge on any atom is 0.469 e. The van der Waals surface area contributed by atoms with Gasteiger partial charge in [0.2, 0.25) is 0 Å². The van der Waals surface area contributed by atoms with Gasteiger partial charge in [0.25, 0.3) is 5.91 Å². The van der Waals surface area contributed by atoms with Crippen LogP contribution in [0.4, 0.5) is 17.3 Å². The minimum atomic E-state index is -4.44. The van der Waals surface area contributed by atoms with Crippen LogP contribution in [0.15, 0.2) is 61.1 Å². The number of carbonyl (C=O) groups excluding carboxylic acids is 1. The van der Waals surface area contributed by atoms with Gasteiger partial charge in [0, 0.05) is 28.6 Å². The highest BCUT2D eigenvalue weighted by Crippen LogP contribution is 2.36. The van der Waals surface area contributed by atoms with Gasteiger partial charge in [-0.1, -0.05) is 24.6 Å². The van der Waals surface area contributed by atoms with Crippen LogP contribution in [0.25, 0.3) is 10.9 Å². The number of hydrogen-bond acceptors (Lipinski definition) is 10. The molecule has 4 aromatic rings. The number of rotatable bonds is 17. The molecular weight excluding hydrogens is 623 g/mol. The molecule has 0 fully saturated rings. The van der Waals surface area contributed by atoms with Crippen LogP contribution in [0.1, 0.15) is 36.5 Å². The summed E-state index contributed by atoms with van der Waals surface area (Å²) in [5, 5.41) is 7.20. The van der Waals surface area contributed by atoms with Crippen molar-refractivity contribution in [1.82, 2.24) is 19.9 Å². The first-order chi connectivity index (χ1) is 21.6. The van der Waals surface area contributed by atoms with Gasteiger partial charge in [0.05, 0.1) is 37.7 Å². The average molecular weight is 659 g/mol. The van der Waals surface area contributed by atoms with Gasteiger partial charge in [-0.25, -0.2) is 19.5 Å². The second-order valence-electron chi connectivity index (χ2n) is 9.93. The van der Waals surface area contributed by atoms with Crippen LogP contribution in [-0.2, 0) is 9.09 Å². The number of likely N-dealkylation sites (N-methyl/N-ethyl adjacent to an activating group) is 1. The first kappa shape index (κ1) is 34.0. The van der Waals surface area contributed by atoms with E-state index in [4.69, 9.17) is 30.9 Å². The number of fused-ring (bicyclic) bond motifs is 1. The van der Waals surface area contributed by atoms with Crippen molar-refractivity contribution in [2.24, 2.45) is 0 Å². The van der Waals surface area contributed by atoms with Crippen LogP contribution in [0, 0.1) is 0 Å². The third kappa shape index (κ3) is 10.6. The highest BCUT2D eigenvalue weighted by molar-refractivity contribution is 7.46. The van der Waals surface area contributed by atoms with Crippen LogP contribution >= 0.6 is 19.4 Å². The third-order valence-corrected chi connectivity index (χ3v) is 7.52. The van der Waals surface area contributed by atoms with E-state index in [1.165, 1.54) is 6.33 Å². The van der Waals surface area contributed by atoms with Crippen LogP contribution in [0.5, 0.6) is 11.5 Å². The predicted octanol–water partition coefficient (Wildman–Crippen LogP) is 5.66. The Balaban J connectivity index is 1.30. The third-order valence-electron chi connectivity index (χ3n) is 6.77. The van der Waals surface area contributed by atoms with Gasteiger partial charge in [-0.15, -0.1) is 0 Å². The Morgan fingerprint density at radius 1 is 1.00 bits per heavy atom. The van der Waals surface area contributed by atoms with E-state index >= 15 is 0 Å². The van der Waals surface area contributed by atoms with Gasteiger partial charge in [0.15, 0.2) is 11.5 Å². The van der Waals surface area contributed by atoms with E-state index in [-0.39, 0.29) is 12.5 Å². The molecule has 0 unspecified atom stereocenters. The maximum atomic E-state index is 12.5. The Labute approximate surface area is 266 Å². The van der Waals surface area contributed by atoms with Gasteiger partial charge >= 0.3 is 7.82 Å². The molecule has 4 N–H and O–H groups in total. The topological polar surface area (TPSA) is 168 Å². The molecule has 13 nitrogen and oxygen atoms in total. The smallest absolute Gasteiger partial charge is 0.469 e. The molecule has 0 saturated carbocycles. The number of halogens is 1. The molecule has 0 radical (unpaired) electrons. The molecule has 0 aliphatic rings. The number of methoxy groups -OCH3 is 1. The van der Waals surface area contributed by atoms with Gasteiger partial charge in [-0.2, -0.15) is 0 Å². The molecule has 2 aromatic carbocycles. The largest absolute Gasteiger partial charge is 0.493 e. The zero-order valence-electron chi connectivity index (χ0n) is 25.0. The Kier molecular flexibility index (Phi) is 12.5. The summed E-state index contributed by atoms with van der Waals surface area (Å²) in [6.45, 7) is 4.48.